The van der Waals surface area contributed by atoms with Gasteiger partial charge in [-0.15, -0.1) is 0 Å². The molecule has 0 spiro atoms. The number of alkyl halides is 3. The number of nitrogens with zero attached hydrogens (tertiary/aromatic N) is 3. The summed E-state index contributed by atoms with van der Waals surface area (Å²) in [6.45, 7) is 0.453. The second kappa shape index (κ2) is 5.51. The van der Waals surface area contributed by atoms with Crippen LogP contribution in [0.2, 0.25) is 0 Å². The molecule has 2 rings (SSSR count). The lowest BCUT2D eigenvalue weighted by Crippen LogP contribution is -2.47. The van der Waals surface area contributed by atoms with Gasteiger partial charge in [-0.3, -0.25) is 0 Å². The van der Waals surface area contributed by atoms with E-state index in [4.69, 9.17) is 4.74 Å². The predicted molar refractivity (Wildman–Crippen MR) is 57.7 cm³/mol. The smallest absolute Gasteiger partial charge is 0.451 e. The number of hydrogen-bond acceptors (Lipinski definition) is 5. The molecule has 110 valence electrons. The molecular weight excluding hydrogens is 279 g/mol. The molecule has 1 amide bonds. The number of amides is 1. The highest BCUT2D eigenvalue weighted by Gasteiger charge is 2.35. The minimum atomic E-state index is -4.63. The van der Waals surface area contributed by atoms with Gasteiger partial charge in [0.25, 0.3) is 0 Å². The summed E-state index contributed by atoms with van der Waals surface area (Å²) in [6, 6.07) is 1.24. The lowest BCUT2D eigenvalue weighted by molar-refractivity contribution is -0.266. The second-order valence-electron chi connectivity index (χ2n) is 4.29. The van der Waals surface area contributed by atoms with Gasteiger partial charge in [0.1, 0.15) is 12.2 Å². The summed E-state index contributed by atoms with van der Waals surface area (Å²) < 4.78 is 42.6. The van der Waals surface area contributed by atoms with E-state index in [0.29, 0.717) is 12.8 Å². The third-order valence-corrected chi connectivity index (χ3v) is 2.87. The quantitative estimate of drug-likeness (QED) is 0.800. The van der Waals surface area contributed by atoms with Crippen LogP contribution in [-0.4, -0.2) is 40.2 Å². The van der Waals surface area contributed by atoms with Gasteiger partial charge in [-0.1, -0.05) is 0 Å². The molecule has 0 N–H and O–H groups in total. The Bertz CT molecular complexity index is 487. The van der Waals surface area contributed by atoms with E-state index in [2.05, 4.69) is 9.97 Å². The average Bonchev–Trinajstić information content (AvgIpc) is 2.38. The van der Waals surface area contributed by atoms with Crippen molar-refractivity contribution in [3.63, 3.8) is 0 Å². The van der Waals surface area contributed by atoms with E-state index in [1.54, 1.807) is 0 Å². The van der Waals surface area contributed by atoms with Crippen molar-refractivity contribution in [3.8, 4) is 5.88 Å². The fourth-order valence-electron chi connectivity index (χ4n) is 1.87. The molecule has 6 nitrogen and oxygen atoms in total. The van der Waals surface area contributed by atoms with Gasteiger partial charge in [0.2, 0.25) is 11.7 Å². The zero-order chi connectivity index (χ0) is 14.8. The van der Waals surface area contributed by atoms with Crippen molar-refractivity contribution in [2.24, 2.45) is 0 Å². The first-order valence-corrected chi connectivity index (χ1v) is 5.89. The van der Waals surface area contributed by atoms with Gasteiger partial charge in [0.15, 0.2) is 0 Å². The lowest BCUT2D eigenvalue weighted by Gasteiger charge is -2.33. The van der Waals surface area contributed by atoms with E-state index in [1.807, 2.05) is 0 Å². The first-order chi connectivity index (χ1) is 9.36. The molecule has 0 unspecified atom stereocenters. The maximum atomic E-state index is 12.4. The predicted octanol–water partition coefficient (Wildman–Crippen LogP) is 0.682. The molecule has 0 atom stereocenters. The van der Waals surface area contributed by atoms with Crippen LogP contribution < -0.4 is 9.84 Å². The standard InChI is InChI=1S/C11H12F3N3O3/c12-11(13,14)9-15-4-1-8(16-9)20-7-2-5-17(6-3-7)10(18)19/h1,4,7H,2-3,5-6H2,(H,18,19)/p-1. The Hall–Kier alpha value is -2.06. The molecule has 1 aliphatic heterocycles. The number of ether oxygens (including phenoxy) is 1. The van der Waals surface area contributed by atoms with Crippen molar-refractivity contribution < 1.29 is 27.8 Å². The maximum absolute atomic E-state index is 12.4. The summed E-state index contributed by atoms with van der Waals surface area (Å²) >= 11 is 0. The van der Waals surface area contributed by atoms with Gasteiger partial charge >= 0.3 is 6.18 Å². The van der Waals surface area contributed by atoms with Gasteiger partial charge in [0, 0.05) is 38.2 Å². The maximum Gasteiger partial charge on any atom is 0.451 e. The number of likely N-dealkylation sites (tertiary alicyclic amines) is 1. The largest absolute Gasteiger partial charge is 0.530 e. The Labute approximate surface area is 112 Å². The van der Waals surface area contributed by atoms with E-state index < -0.39 is 18.1 Å². The third kappa shape index (κ3) is 3.49. The van der Waals surface area contributed by atoms with Crippen molar-refractivity contribution in [2.75, 3.05) is 13.1 Å². The number of carbonyl (C=O) groups is 1. The topological polar surface area (TPSA) is 78.4 Å². The molecule has 1 saturated heterocycles. The van der Waals surface area contributed by atoms with Crippen LogP contribution in [0, 0.1) is 0 Å². The first kappa shape index (κ1) is 14.4. The van der Waals surface area contributed by atoms with Crippen LogP contribution in [0.4, 0.5) is 18.0 Å². The van der Waals surface area contributed by atoms with Crippen molar-refractivity contribution in [2.45, 2.75) is 25.1 Å². The number of halogens is 3. The van der Waals surface area contributed by atoms with Gasteiger partial charge in [0.05, 0.1) is 0 Å². The molecule has 1 aromatic rings. The summed E-state index contributed by atoms with van der Waals surface area (Å²) in [4.78, 5) is 18.1. The molecule has 0 saturated carbocycles. The highest BCUT2D eigenvalue weighted by molar-refractivity contribution is 5.62. The summed E-state index contributed by atoms with van der Waals surface area (Å²) in [7, 11) is 0. The van der Waals surface area contributed by atoms with Crippen LogP contribution in [0.5, 0.6) is 5.88 Å². The lowest BCUT2D eigenvalue weighted by atomic mass is 10.1. The monoisotopic (exact) mass is 290 g/mol. The zero-order valence-electron chi connectivity index (χ0n) is 10.3. The number of carbonyl (C=O) groups excluding carboxylic acids is 1. The van der Waals surface area contributed by atoms with E-state index in [9.17, 15) is 23.1 Å². The number of aromatic nitrogens is 2. The molecular formula is C11H11F3N3O3-. The van der Waals surface area contributed by atoms with Crippen LogP contribution in [0.25, 0.3) is 0 Å². The Balaban J connectivity index is 1.96. The molecule has 0 aliphatic carbocycles. The molecule has 1 aromatic heterocycles. The highest BCUT2D eigenvalue weighted by atomic mass is 19.4. The van der Waals surface area contributed by atoms with Gasteiger partial charge in [-0.2, -0.15) is 18.2 Å². The van der Waals surface area contributed by atoms with Crippen molar-refractivity contribution in [1.29, 1.82) is 0 Å². The highest BCUT2D eigenvalue weighted by Crippen LogP contribution is 2.27. The molecule has 0 aromatic carbocycles. The van der Waals surface area contributed by atoms with Crippen LogP contribution in [0.15, 0.2) is 12.3 Å². The molecule has 9 heteroatoms. The first-order valence-electron chi connectivity index (χ1n) is 5.89. The van der Waals surface area contributed by atoms with Crippen LogP contribution in [0.3, 0.4) is 0 Å². The van der Waals surface area contributed by atoms with Crippen molar-refractivity contribution in [1.82, 2.24) is 14.9 Å². The SMILES string of the molecule is O=C([O-])N1CCC(Oc2ccnc(C(F)(F)F)n2)CC1. The molecule has 1 fully saturated rings. The Kier molecular flexibility index (Phi) is 3.96. The van der Waals surface area contributed by atoms with E-state index in [-0.39, 0.29) is 25.1 Å². The normalized spacial score (nSPS) is 17.1. The third-order valence-electron chi connectivity index (χ3n) is 2.87. The minimum Gasteiger partial charge on any atom is -0.530 e. The molecule has 0 bridgehead atoms. The average molecular weight is 290 g/mol. The summed E-state index contributed by atoms with van der Waals surface area (Å²) in [5.74, 6) is -1.43. The van der Waals surface area contributed by atoms with E-state index >= 15 is 0 Å². The fourth-order valence-corrected chi connectivity index (χ4v) is 1.87. The Morgan fingerprint density at radius 1 is 1.40 bits per heavy atom. The van der Waals surface area contributed by atoms with Gasteiger partial charge in [-0.25, -0.2) is 4.98 Å². The van der Waals surface area contributed by atoms with Gasteiger partial charge < -0.3 is 19.5 Å². The number of piperidine rings is 1. The van der Waals surface area contributed by atoms with Gasteiger partial charge in [-0.05, 0) is 0 Å². The second-order valence-corrected chi connectivity index (χ2v) is 4.29. The Morgan fingerprint density at radius 2 is 2.05 bits per heavy atom. The summed E-state index contributed by atoms with van der Waals surface area (Å²) in [6.07, 6.45) is -4.54. The molecule has 1 aliphatic rings. The zero-order valence-corrected chi connectivity index (χ0v) is 10.3. The van der Waals surface area contributed by atoms with E-state index in [0.717, 1.165) is 11.1 Å². The molecule has 2 heterocycles. The number of hydrogen-bond donors (Lipinski definition) is 0. The summed E-state index contributed by atoms with van der Waals surface area (Å²) in [5, 5.41) is 10.6. The minimum absolute atomic E-state index is 0.167. The van der Waals surface area contributed by atoms with Crippen molar-refractivity contribution >= 4 is 6.09 Å². The van der Waals surface area contributed by atoms with Crippen molar-refractivity contribution in [3.05, 3.63) is 18.1 Å². The fraction of sp³-hybridized carbons (Fsp3) is 0.545. The van der Waals surface area contributed by atoms with E-state index in [1.165, 1.54) is 6.07 Å². The number of rotatable bonds is 2. The molecule has 20 heavy (non-hydrogen) atoms. The summed E-state index contributed by atoms with van der Waals surface area (Å²) in [5.41, 5.74) is 0. The Morgan fingerprint density at radius 3 is 2.60 bits per heavy atom. The van der Waals surface area contributed by atoms with Crippen LogP contribution in [0.1, 0.15) is 18.7 Å². The molecule has 0 radical (unpaired) electrons. The number of carboxylic acid groups (broad SMARTS) is 1. The van der Waals surface area contributed by atoms with Crippen LogP contribution >= 0.6 is 0 Å². The van der Waals surface area contributed by atoms with Crippen LogP contribution in [-0.2, 0) is 6.18 Å².